The van der Waals surface area contributed by atoms with Gasteiger partial charge in [0.1, 0.15) is 16.5 Å². The van der Waals surface area contributed by atoms with Crippen molar-refractivity contribution in [3.8, 4) is 45.0 Å². The highest BCUT2D eigenvalue weighted by atomic mass is 32.1. The summed E-state index contributed by atoms with van der Waals surface area (Å²) in [4.78, 5) is 0.682. The zero-order valence-electron chi connectivity index (χ0n) is 15.8. The predicted molar refractivity (Wildman–Crippen MR) is 106 cm³/mol. The Morgan fingerprint density at radius 2 is 1.46 bits per heavy atom. The molecule has 4 aromatic rings. The summed E-state index contributed by atoms with van der Waals surface area (Å²) in [6.45, 7) is 0. The van der Waals surface area contributed by atoms with Crippen molar-refractivity contribution >= 4 is 16.3 Å². The Labute approximate surface area is 165 Å². The van der Waals surface area contributed by atoms with Gasteiger partial charge in [-0.2, -0.15) is 9.61 Å². The maximum atomic E-state index is 5.38. The van der Waals surface area contributed by atoms with Gasteiger partial charge in [-0.05, 0) is 30.3 Å². The molecule has 2 aromatic heterocycles. The molecule has 0 unspecified atom stereocenters. The van der Waals surface area contributed by atoms with Crippen molar-refractivity contribution in [2.75, 3.05) is 28.4 Å². The van der Waals surface area contributed by atoms with E-state index in [1.807, 2.05) is 36.4 Å². The van der Waals surface area contributed by atoms with E-state index < -0.39 is 0 Å². The Balaban J connectivity index is 1.80. The molecule has 8 nitrogen and oxygen atoms in total. The SMILES string of the molecule is COc1cc(OC)cc(-c2nn3c(-c4ccc(OC)c(OC)c4)nnc3s2)c1. The lowest BCUT2D eigenvalue weighted by Crippen LogP contribution is -1.94. The van der Waals surface area contributed by atoms with Crippen LogP contribution in [0.5, 0.6) is 23.0 Å². The van der Waals surface area contributed by atoms with Gasteiger partial charge in [0.15, 0.2) is 17.3 Å². The Morgan fingerprint density at radius 1 is 0.750 bits per heavy atom. The summed E-state index contributed by atoms with van der Waals surface area (Å²) in [5.74, 6) is 3.27. The fraction of sp³-hybridized carbons (Fsp3) is 0.211. The van der Waals surface area contributed by atoms with Crippen molar-refractivity contribution in [3.63, 3.8) is 0 Å². The summed E-state index contributed by atoms with van der Waals surface area (Å²) in [5, 5.41) is 14.0. The molecule has 0 atom stereocenters. The Morgan fingerprint density at radius 3 is 2.11 bits per heavy atom. The number of aromatic nitrogens is 4. The zero-order valence-corrected chi connectivity index (χ0v) is 16.6. The standard InChI is InChI=1S/C19H18N4O4S/c1-24-13-7-12(8-14(10-13)25-2)18-22-23-17(20-21-19(23)28-18)11-5-6-15(26-3)16(9-11)27-4/h5-10H,1-4H3. The minimum absolute atomic E-state index is 0.615. The second-order valence-electron chi connectivity index (χ2n) is 5.80. The lowest BCUT2D eigenvalue weighted by Gasteiger charge is -2.08. The van der Waals surface area contributed by atoms with E-state index in [9.17, 15) is 0 Å². The fourth-order valence-electron chi connectivity index (χ4n) is 2.82. The van der Waals surface area contributed by atoms with Crippen LogP contribution in [-0.4, -0.2) is 48.3 Å². The van der Waals surface area contributed by atoms with E-state index in [1.165, 1.54) is 11.3 Å². The average molecular weight is 398 g/mol. The molecule has 144 valence electrons. The molecule has 0 radical (unpaired) electrons. The van der Waals surface area contributed by atoms with Crippen LogP contribution in [0, 0.1) is 0 Å². The van der Waals surface area contributed by atoms with Crippen LogP contribution in [-0.2, 0) is 0 Å². The molecule has 0 amide bonds. The highest BCUT2D eigenvalue weighted by Crippen LogP contribution is 2.35. The molecule has 2 heterocycles. The van der Waals surface area contributed by atoms with Crippen LogP contribution in [0.3, 0.4) is 0 Å². The number of hydrogen-bond acceptors (Lipinski definition) is 8. The molecule has 0 N–H and O–H groups in total. The van der Waals surface area contributed by atoms with Gasteiger partial charge >= 0.3 is 0 Å². The molecule has 0 saturated heterocycles. The van der Waals surface area contributed by atoms with Gasteiger partial charge in [0, 0.05) is 17.2 Å². The van der Waals surface area contributed by atoms with Gasteiger partial charge in [0.2, 0.25) is 4.96 Å². The molecule has 28 heavy (non-hydrogen) atoms. The fourth-order valence-corrected chi connectivity index (χ4v) is 3.65. The molecule has 4 rings (SSSR count). The Bertz CT molecular complexity index is 1120. The van der Waals surface area contributed by atoms with E-state index in [-0.39, 0.29) is 0 Å². The van der Waals surface area contributed by atoms with Crippen LogP contribution >= 0.6 is 11.3 Å². The summed E-state index contributed by atoms with van der Waals surface area (Å²) in [6.07, 6.45) is 0. The molecular formula is C19H18N4O4S. The molecule has 0 aliphatic heterocycles. The van der Waals surface area contributed by atoms with Crippen LogP contribution in [0.1, 0.15) is 0 Å². The van der Waals surface area contributed by atoms with Crippen molar-refractivity contribution in [1.29, 1.82) is 0 Å². The Kier molecular flexibility index (Phi) is 4.74. The largest absolute Gasteiger partial charge is 0.497 e. The van der Waals surface area contributed by atoms with Gasteiger partial charge in [0.05, 0.1) is 28.4 Å². The Hall–Kier alpha value is -3.33. The molecule has 0 aliphatic rings. The van der Waals surface area contributed by atoms with Crippen molar-refractivity contribution in [1.82, 2.24) is 19.8 Å². The maximum Gasteiger partial charge on any atom is 0.235 e. The maximum absolute atomic E-state index is 5.38. The summed E-state index contributed by atoms with van der Waals surface area (Å²) in [6, 6.07) is 11.2. The molecule has 0 spiro atoms. The van der Waals surface area contributed by atoms with Crippen LogP contribution in [0.25, 0.3) is 26.9 Å². The van der Waals surface area contributed by atoms with E-state index in [4.69, 9.17) is 24.0 Å². The van der Waals surface area contributed by atoms with Gasteiger partial charge in [-0.1, -0.05) is 11.3 Å². The number of fused-ring (bicyclic) bond motifs is 1. The summed E-state index contributed by atoms with van der Waals surface area (Å²) < 4.78 is 23.1. The number of ether oxygens (including phenoxy) is 4. The third-order valence-electron chi connectivity index (χ3n) is 4.23. The number of methoxy groups -OCH3 is 4. The van der Waals surface area contributed by atoms with Crippen LogP contribution in [0.4, 0.5) is 0 Å². The third kappa shape index (κ3) is 3.09. The van der Waals surface area contributed by atoms with Gasteiger partial charge in [0.25, 0.3) is 0 Å². The van der Waals surface area contributed by atoms with E-state index in [0.29, 0.717) is 33.8 Å². The number of nitrogens with zero attached hydrogens (tertiary/aromatic N) is 4. The van der Waals surface area contributed by atoms with Gasteiger partial charge < -0.3 is 18.9 Å². The van der Waals surface area contributed by atoms with Crippen LogP contribution in [0.2, 0.25) is 0 Å². The topological polar surface area (TPSA) is 80.0 Å². The first kappa shape index (κ1) is 18.1. The van der Waals surface area contributed by atoms with Gasteiger partial charge in [-0.25, -0.2) is 0 Å². The number of benzene rings is 2. The second kappa shape index (κ2) is 7.35. The predicted octanol–water partition coefficient (Wildman–Crippen LogP) is 3.55. The first-order valence-corrected chi connectivity index (χ1v) is 9.16. The monoisotopic (exact) mass is 398 g/mol. The molecule has 2 aromatic carbocycles. The summed E-state index contributed by atoms with van der Waals surface area (Å²) >= 11 is 1.43. The van der Waals surface area contributed by atoms with Gasteiger partial charge in [-0.15, -0.1) is 10.2 Å². The molecule has 0 bridgehead atoms. The van der Waals surface area contributed by atoms with E-state index in [1.54, 1.807) is 33.0 Å². The zero-order chi connectivity index (χ0) is 19.7. The molecule has 9 heteroatoms. The van der Waals surface area contributed by atoms with E-state index in [2.05, 4.69) is 10.2 Å². The quantitative estimate of drug-likeness (QED) is 0.491. The average Bonchev–Trinajstić information content (AvgIpc) is 3.33. The van der Waals surface area contributed by atoms with Gasteiger partial charge in [-0.3, -0.25) is 0 Å². The molecule has 0 saturated carbocycles. The molecular weight excluding hydrogens is 380 g/mol. The van der Waals surface area contributed by atoms with E-state index >= 15 is 0 Å². The molecule has 0 fully saturated rings. The summed E-state index contributed by atoms with van der Waals surface area (Å²) in [7, 11) is 6.43. The minimum Gasteiger partial charge on any atom is -0.497 e. The number of hydrogen-bond donors (Lipinski definition) is 0. The first-order chi connectivity index (χ1) is 13.7. The summed E-state index contributed by atoms with van der Waals surface area (Å²) in [5.41, 5.74) is 1.70. The first-order valence-electron chi connectivity index (χ1n) is 8.35. The van der Waals surface area contributed by atoms with E-state index in [0.717, 1.165) is 16.1 Å². The minimum atomic E-state index is 0.615. The smallest absolute Gasteiger partial charge is 0.235 e. The lowest BCUT2D eigenvalue weighted by molar-refractivity contribution is 0.355. The van der Waals surface area contributed by atoms with Crippen molar-refractivity contribution in [2.45, 2.75) is 0 Å². The molecule has 0 aliphatic carbocycles. The number of rotatable bonds is 6. The van der Waals surface area contributed by atoms with Crippen molar-refractivity contribution in [2.24, 2.45) is 0 Å². The second-order valence-corrected chi connectivity index (χ2v) is 6.75. The van der Waals surface area contributed by atoms with Crippen molar-refractivity contribution < 1.29 is 18.9 Å². The highest BCUT2D eigenvalue weighted by Gasteiger charge is 2.17. The third-order valence-corrected chi connectivity index (χ3v) is 5.18. The highest BCUT2D eigenvalue weighted by molar-refractivity contribution is 7.19. The lowest BCUT2D eigenvalue weighted by atomic mass is 10.2. The normalized spacial score (nSPS) is 10.9. The van der Waals surface area contributed by atoms with Crippen LogP contribution < -0.4 is 18.9 Å². The van der Waals surface area contributed by atoms with Crippen LogP contribution in [0.15, 0.2) is 36.4 Å². The van der Waals surface area contributed by atoms with Crippen molar-refractivity contribution in [3.05, 3.63) is 36.4 Å².